The normalized spacial score (nSPS) is 20.8. The van der Waals surface area contributed by atoms with Gasteiger partial charge in [0, 0.05) is 25.3 Å². The standard InChI is InChI=1S/C18H28N4O2/c1-14-4-5-16(19-12-14)22-10-6-15(7-11-22)20-17(24)21-18(13-23)8-2-3-9-18/h4-5,12,15,23H,2-3,6-11,13H2,1H3,(H2,20,21,24). The highest BCUT2D eigenvalue weighted by Gasteiger charge is 2.35. The number of nitrogens with zero attached hydrogens (tertiary/aromatic N) is 2. The number of anilines is 1. The number of nitrogens with one attached hydrogen (secondary N) is 2. The number of pyridine rings is 1. The average molecular weight is 332 g/mol. The first-order valence-corrected chi connectivity index (χ1v) is 8.97. The van der Waals surface area contributed by atoms with Crippen LogP contribution in [0, 0.1) is 6.92 Å². The van der Waals surface area contributed by atoms with Crippen molar-refractivity contribution in [2.45, 2.75) is 57.0 Å². The molecule has 0 spiro atoms. The second-order valence-electron chi connectivity index (χ2n) is 7.20. The fourth-order valence-electron chi connectivity index (χ4n) is 3.74. The fraction of sp³-hybridized carbons (Fsp3) is 0.667. The van der Waals surface area contributed by atoms with Crippen LogP contribution in [0.3, 0.4) is 0 Å². The number of aryl methyl sites for hydroxylation is 1. The van der Waals surface area contributed by atoms with Gasteiger partial charge in [-0.15, -0.1) is 0 Å². The number of urea groups is 1. The van der Waals surface area contributed by atoms with E-state index in [0.717, 1.165) is 63.0 Å². The molecule has 0 radical (unpaired) electrons. The lowest BCUT2D eigenvalue weighted by atomic mass is 9.99. The molecule has 0 aromatic carbocycles. The predicted molar refractivity (Wildman–Crippen MR) is 94.2 cm³/mol. The predicted octanol–water partition coefficient (Wildman–Crippen LogP) is 1.96. The summed E-state index contributed by atoms with van der Waals surface area (Å²) >= 11 is 0. The molecule has 1 aliphatic heterocycles. The summed E-state index contributed by atoms with van der Waals surface area (Å²) in [5.74, 6) is 1.01. The van der Waals surface area contributed by atoms with Gasteiger partial charge in [-0.2, -0.15) is 0 Å². The largest absolute Gasteiger partial charge is 0.394 e. The second-order valence-corrected chi connectivity index (χ2v) is 7.20. The summed E-state index contributed by atoms with van der Waals surface area (Å²) in [7, 11) is 0. The Hall–Kier alpha value is -1.82. The van der Waals surface area contributed by atoms with Gasteiger partial charge in [0.15, 0.2) is 0 Å². The van der Waals surface area contributed by atoms with Crippen molar-refractivity contribution >= 4 is 11.8 Å². The Morgan fingerprint density at radius 2 is 2.04 bits per heavy atom. The molecular formula is C18H28N4O2. The van der Waals surface area contributed by atoms with Gasteiger partial charge < -0.3 is 20.6 Å². The van der Waals surface area contributed by atoms with E-state index in [1.807, 2.05) is 13.1 Å². The van der Waals surface area contributed by atoms with E-state index >= 15 is 0 Å². The molecule has 3 rings (SSSR count). The molecule has 6 heteroatoms. The summed E-state index contributed by atoms with van der Waals surface area (Å²) in [4.78, 5) is 19.0. The minimum Gasteiger partial charge on any atom is -0.394 e. The van der Waals surface area contributed by atoms with Crippen LogP contribution in [0.25, 0.3) is 0 Å². The lowest BCUT2D eigenvalue weighted by molar-refractivity contribution is 0.161. The van der Waals surface area contributed by atoms with Crippen molar-refractivity contribution < 1.29 is 9.90 Å². The maximum absolute atomic E-state index is 12.3. The van der Waals surface area contributed by atoms with Crippen molar-refractivity contribution in [1.29, 1.82) is 0 Å². The highest BCUT2D eigenvalue weighted by atomic mass is 16.3. The van der Waals surface area contributed by atoms with Crippen LogP contribution in [0.1, 0.15) is 44.1 Å². The van der Waals surface area contributed by atoms with Crippen LogP contribution < -0.4 is 15.5 Å². The number of hydrogen-bond donors (Lipinski definition) is 3. The van der Waals surface area contributed by atoms with Gasteiger partial charge in [0.1, 0.15) is 5.82 Å². The Balaban J connectivity index is 1.46. The molecule has 132 valence electrons. The van der Waals surface area contributed by atoms with E-state index in [9.17, 15) is 9.90 Å². The number of amides is 2. The molecule has 0 bridgehead atoms. The second kappa shape index (κ2) is 7.38. The molecule has 2 amide bonds. The summed E-state index contributed by atoms with van der Waals surface area (Å²) < 4.78 is 0. The average Bonchev–Trinajstić information content (AvgIpc) is 3.05. The molecule has 2 aliphatic rings. The zero-order valence-electron chi connectivity index (χ0n) is 14.4. The minimum absolute atomic E-state index is 0.0258. The van der Waals surface area contributed by atoms with E-state index in [-0.39, 0.29) is 18.7 Å². The van der Waals surface area contributed by atoms with Gasteiger partial charge >= 0.3 is 6.03 Å². The number of rotatable bonds is 4. The highest BCUT2D eigenvalue weighted by Crippen LogP contribution is 2.29. The Kier molecular flexibility index (Phi) is 5.23. The molecule has 0 unspecified atom stereocenters. The number of carbonyl (C=O) groups excluding carboxylic acids is 1. The Labute approximate surface area is 143 Å². The maximum Gasteiger partial charge on any atom is 0.315 e. The van der Waals surface area contributed by atoms with Crippen molar-refractivity contribution in [1.82, 2.24) is 15.6 Å². The first-order valence-electron chi connectivity index (χ1n) is 8.97. The topological polar surface area (TPSA) is 77.5 Å². The monoisotopic (exact) mass is 332 g/mol. The molecule has 1 saturated carbocycles. The van der Waals surface area contributed by atoms with Crippen LogP contribution >= 0.6 is 0 Å². The van der Waals surface area contributed by atoms with Crippen molar-refractivity contribution in [3.05, 3.63) is 23.9 Å². The third-order valence-electron chi connectivity index (χ3n) is 5.29. The number of aliphatic hydroxyl groups is 1. The zero-order chi connectivity index (χ0) is 17.0. The van der Waals surface area contributed by atoms with Gasteiger partial charge in [0.05, 0.1) is 12.1 Å². The Bertz CT molecular complexity index is 547. The molecule has 24 heavy (non-hydrogen) atoms. The molecule has 1 aromatic rings. The smallest absolute Gasteiger partial charge is 0.315 e. The van der Waals surface area contributed by atoms with E-state index in [0.29, 0.717) is 0 Å². The summed E-state index contributed by atoms with van der Waals surface area (Å²) in [5.41, 5.74) is 0.757. The summed E-state index contributed by atoms with van der Waals surface area (Å²) in [6.45, 7) is 3.85. The lowest BCUT2D eigenvalue weighted by Crippen LogP contribution is -2.56. The van der Waals surface area contributed by atoms with Gasteiger partial charge in [0.25, 0.3) is 0 Å². The van der Waals surface area contributed by atoms with E-state index in [4.69, 9.17) is 0 Å². The zero-order valence-corrected chi connectivity index (χ0v) is 14.4. The molecule has 1 aliphatic carbocycles. The molecular weight excluding hydrogens is 304 g/mol. The quantitative estimate of drug-likeness (QED) is 0.788. The molecule has 0 atom stereocenters. The minimum atomic E-state index is -0.406. The summed E-state index contributed by atoms with van der Waals surface area (Å²) in [6, 6.07) is 4.18. The van der Waals surface area contributed by atoms with Crippen LogP contribution in [0.5, 0.6) is 0 Å². The fourth-order valence-corrected chi connectivity index (χ4v) is 3.74. The van der Waals surface area contributed by atoms with Crippen LogP contribution in [-0.2, 0) is 0 Å². The van der Waals surface area contributed by atoms with Crippen molar-refractivity contribution in [2.75, 3.05) is 24.6 Å². The van der Waals surface area contributed by atoms with Gasteiger partial charge in [-0.05, 0) is 44.2 Å². The van der Waals surface area contributed by atoms with Gasteiger partial charge in [-0.25, -0.2) is 9.78 Å². The van der Waals surface area contributed by atoms with E-state index < -0.39 is 5.54 Å². The SMILES string of the molecule is Cc1ccc(N2CCC(NC(=O)NC3(CO)CCCC3)CC2)nc1. The number of hydrogen-bond acceptors (Lipinski definition) is 4. The van der Waals surface area contributed by atoms with E-state index in [1.165, 1.54) is 0 Å². The van der Waals surface area contributed by atoms with Crippen molar-refractivity contribution in [2.24, 2.45) is 0 Å². The van der Waals surface area contributed by atoms with Crippen LogP contribution in [-0.4, -0.2) is 47.4 Å². The lowest BCUT2D eigenvalue weighted by Gasteiger charge is -2.34. The van der Waals surface area contributed by atoms with E-state index in [2.05, 4.69) is 32.7 Å². The summed E-state index contributed by atoms with van der Waals surface area (Å²) in [6.07, 6.45) is 7.60. The molecule has 2 heterocycles. The third kappa shape index (κ3) is 3.98. The first-order chi connectivity index (χ1) is 11.6. The number of aliphatic hydroxyl groups excluding tert-OH is 1. The number of carbonyl (C=O) groups is 1. The van der Waals surface area contributed by atoms with E-state index in [1.54, 1.807) is 0 Å². The number of piperidine rings is 1. The van der Waals surface area contributed by atoms with Crippen LogP contribution in [0.2, 0.25) is 0 Å². The molecule has 3 N–H and O–H groups in total. The highest BCUT2D eigenvalue weighted by molar-refractivity contribution is 5.75. The third-order valence-corrected chi connectivity index (χ3v) is 5.29. The van der Waals surface area contributed by atoms with Crippen LogP contribution in [0.4, 0.5) is 10.6 Å². The van der Waals surface area contributed by atoms with Crippen molar-refractivity contribution in [3.8, 4) is 0 Å². The van der Waals surface area contributed by atoms with Gasteiger partial charge in [-0.1, -0.05) is 18.9 Å². The Morgan fingerprint density at radius 3 is 2.62 bits per heavy atom. The maximum atomic E-state index is 12.3. The Morgan fingerprint density at radius 1 is 1.33 bits per heavy atom. The molecule has 2 fully saturated rings. The summed E-state index contributed by atoms with van der Waals surface area (Å²) in [5, 5.41) is 15.7. The molecule has 1 aromatic heterocycles. The molecule has 6 nitrogen and oxygen atoms in total. The van der Waals surface area contributed by atoms with Gasteiger partial charge in [0.2, 0.25) is 0 Å². The molecule has 1 saturated heterocycles. The first kappa shape index (κ1) is 17.0. The van der Waals surface area contributed by atoms with Crippen LogP contribution in [0.15, 0.2) is 18.3 Å². The van der Waals surface area contributed by atoms with Crippen molar-refractivity contribution in [3.63, 3.8) is 0 Å². The number of aromatic nitrogens is 1. The van der Waals surface area contributed by atoms with Gasteiger partial charge in [-0.3, -0.25) is 0 Å².